The average Bonchev–Trinajstić information content (AvgIpc) is 2.63. The predicted octanol–water partition coefficient (Wildman–Crippen LogP) is 1.99. The fourth-order valence-corrected chi connectivity index (χ4v) is 2.19. The second-order valence-electron chi connectivity index (χ2n) is 4.54. The van der Waals surface area contributed by atoms with Crippen LogP contribution in [0.2, 0.25) is 5.02 Å². The SMILES string of the molecule is CCNCC(C)C(=O)Cc1c(Cl)c(CC)nn1C. The van der Waals surface area contributed by atoms with Gasteiger partial charge < -0.3 is 5.32 Å². The summed E-state index contributed by atoms with van der Waals surface area (Å²) in [7, 11) is 1.84. The number of ketones is 1. The number of carbonyl (C=O) groups is 1. The summed E-state index contributed by atoms with van der Waals surface area (Å²) in [5, 5.41) is 8.15. The summed E-state index contributed by atoms with van der Waals surface area (Å²) in [6.45, 7) is 7.57. The van der Waals surface area contributed by atoms with Gasteiger partial charge in [-0.1, -0.05) is 32.4 Å². The number of hydrogen-bond donors (Lipinski definition) is 1. The molecule has 0 amide bonds. The molecule has 102 valence electrons. The molecule has 0 saturated heterocycles. The zero-order chi connectivity index (χ0) is 13.7. The van der Waals surface area contributed by atoms with Gasteiger partial charge in [-0.15, -0.1) is 0 Å². The van der Waals surface area contributed by atoms with Crippen LogP contribution in [-0.2, 0) is 24.7 Å². The molecule has 1 N–H and O–H groups in total. The van der Waals surface area contributed by atoms with Crippen LogP contribution in [0.1, 0.15) is 32.2 Å². The highest BCUT2D eigenvalue weighted by Crippen LogP contribution is 2.22. The van der Waals surface area contributed by atoms with Crippen LogP contribution in [0, 0.1) is 5.92 Å². The van der Waals surface area contributed by atoms with Crippen LogP contribution in [0.15, 0.2) is 0 Å². The summed E-state index contributed by atoms with van der Waals surface area (Å²) in [5.74, 6) is 0.199. The van der Waals surface area contributed by atoms with E-state index in [4.69, 9.17) is 11.6 Å². The highest BCUT2D eigenvalue weighted by molar-refractivity contribution is 6.32. The Morgan fingerprint density at radius 1 is 1.50 bits per heavy atom. The Morgan fingerprint density at radius 3 is 2.67 bits per heavy atom. The van der Waals surface area contributed by atoms with Gasteiger partial charge in [-0.25, -0.2) is 0 Å². The molecule has 1 heterocycles. The van der Waals surface area contributed by atoms with E-state index >= 15 is 0 Å². The monoisotopic (exact) mass is 271 g/mol. The zero-order valence-electron chi connectivity index (χ0n) is 11.6. The number of rotatable bonds is 7. The van der Waals surface area contributed by atoms with Crippen LogP contribution in [0.25, 0.3) is 0 Å². The van der Waals surface area contributed by atoms with E-state index in [1.807, 2.05) is 27.8 Å². The molecule has 1 aromatic heterocycles. The fourth-order valence-electron chi connectivity index (χ4n) is 1.83. The first kappa shape index (κ1) is 15.2. The molecule has 0 aliphatic heterocycles. The highest BCUT2D eigenvalue weighted by atomic mass is 35.5. The third kappa shape index (κ3) is 3.56. The van der Waals surface area contributed by atoms with Gasteiger partial charge in [0.2, 0.25) is 0 Å². The number of Topliss-reactive ketones (excluding diaryl/α,β-unsaturated/α-hetero) is 1. The van der Waals surface area contributed by atoms with Gasteiger partial charge in [0.15, 0.2) is 0 Å². The topological polar surface area (TPSA) is 46.9 Å². The predicted molar refractivity (Wildman–Crippen MR) is 74.0 cm³/mol. The molecule has 0 aliphatic rings. The molecule has 1 atom stereocenters. The van der Waals surface area contributed by atoms with Crippen LogP contribution in [0.4, 0.5) is 0 Å². The average molecular weight is 272 g/mol. The van der Waals surface area contributed by atoms with Crippen molar-refractivity contribution in [2.45, 2.75) is 33.6 Å². The largest absolute Gasteiger partial charge is 0.316 e. The molecule has 18 heavy (non-hydrogen) atoms. The van der Waals surface area contributed by atoms with E-state index in [0.717, 1.165) is 24.4 Å². The van der Waals surface area contributed by atoms with Crippen molar-refractivity contribution in [3.8, 4) is 0 Å². The summed E-state index contributed by atoms with van der Waals surface area (Å²) in [5.41, 5.74) is 1.68. The Bertz CT molecular complexity index is 415. The Labute approximate surface area is 114 Å². The normalized spacial score (nSPS) is 12.7. The van der Waals surface area contributed by atoms with E-state index in [1.54, 1.807) is 4.68 Å². The molecular formula is C13H22ClN3O. The summed E-state index contributed by atoms with van der Waals surface area (Å²) in [4.78, 5) is 12.1. The molecular weight excluding hydrogens is 250 g/mol. The van der Waals surface area contributed by atoms with Crippen LogP contribution in [0.3, 0.4) is 0 Å². The van der Waals surface area contributed by atoms with E-state index in [9.17, 15) is 4.79 Å². The molecule has 0 aromatic carbocycles. The van der Waals surface area contributed by atoms with Gasteiger partial charge >= 0.3 is 0 Å². The summed E-state index contributed by atoms with van der Waals surface area (Å²) >= 11 is 6.23. The van der Waals surface area contributed by atoms with E-state index < -0.39 is 0 Å². The Balaban J connectivity index is 2.72. The molecule has 1 aromatic rings. The lowest BCUT2D eigenvalue weighted by molar-refractivity contribution is -0.121. The number of aryl methyl sites for hydroxylation is 2. The number of hydrogen-bond acceptors (Lipinski definition) is 3. The third-order valence-electron chi connectivity index (χ3n) is 3.09. The van der Waals surface area contributed by atoms with Gasteiger partial charge in [-0.3, -0.25) is 9.48 Å². The van der Waals surface area contributed by atoms with Crippen LogP contribution >= 0.6 is 11.6 Å². The molecule has 0 radical (unpaired) electrons. The number of carbonyl (C=O) groups excluding carboxylic acids is 1. The fraction of sp³-hybridized carbons (Fsp3) is 0.692. The van der Waals surface area contributed by atoms with E-state index in [0.29, 0.717) is 18.0 Å². The molecule has 0 spiro atoms. The van der Waals surface area contributed by atoms with Crippen molar-refractivity contribution in [2.75, 3.05) is 13.1 Å². The van der Waals surface area contributed by atoms with Crippen molar-refractivity contribution in [3.05, 3.63) is 16.4 Å². The van der Waals surface area contributed by atoms with Crippen molar-refractivity contribution < 1.29 is 4.79 Å². The molecule has 1 rings (SSSR count). The van der Waals surface area contributed by atoms with Gasteiger partial charge in [0.05, 0.1) is 22.8 Å². The highest BCUT2D eigenvalue weighted by Gasteiger charge is 2.19. The van der Waals surface area contributed by atoms with Crippen molar-refractivity contribution >= 4 is 17.4 Å². The zero-order valence-corrected chi connectivity index (χ0v) is 12.3. The van der Waals surface area contributed by atoms with Gasteiger partial charge in [0, 0.05) is 19.5 Å². The summed E-state index contributed by atoms with van der Waals surface area (Å²) < 4.78 is 1.72. The minimum absolute atomic E-state index is 0.000920. The van der Waals surface area contributed by atoms with Crippen molar-refractivity contribution in [1.82, 2.24) is 15.1 Å². The second kappa shape index (κ2) is 6.90. The quantitative estimate of drug-likeness (QED) is 0.825. The minimum Gasteiger partial charge on any atom is -0.316 e. The third-order valence-corrected chi connectivity index (χ3v) is 3.53. The molecule has 5 heteroatoms. The molecule has 4 nitrogen and oxygen atoms in total. The maximum Gasteiger partial charge on any atom is 0.142 e. The maximum atomic E-state index is 12.1. The first-order valence-corrected chi connectivity index (χ1v) is 6.82. The minimum atomic E-state index is 0.000920. The van der Waals surface area contributed by atoms with E-state index in [-0.39, 0.29) is 11.7 Å². The Morgan fingerprint density at radius 2 is 2.17 bits per heavy atom. The van der Waals surface area contributed by atoms with Crippen molar-refractivity contribution in [3.63, 3.8) is 0 Å². The van der Waals surface area contributed by atoms with Crippen molar-refractivity contribution in [1.29, 1.82) is 0 Å². The number of aromatic nitrogens is 2. The van der Waals surface area contributed by atoms with Crippen molar-refractivity contribution in [2.24, 2.45) is 13.0 Å². The Hall–Kier alpha value is -0.870. The lowest BCUT2D eigenvalue weighted by Crippen LogP contribution is -2.27. The summed E-state index contributed by atoms with van der Waals surface area (Å²) in [6, 6.07) is 0. The van der Waals surface area contributed by atoms with Crippen LogP contribution in [0.5, 0.6) is 0 Å². The molecule has 0 fully saturated rings. The Kier molecular flexibility index (Phi) is 5.82. The van der Waals surface area contributed by atoms with Crippen LogP contribution < -0.4 is 5.32 Å². The smallest absolute Gasteiger partial charge is 0.142 e. The molecule has 0 saturated carbocycles. The van der Waals surface area contributed by atoms with E-state index in [2.05, 4.69) is 10.4 Å². The molecule has 0 bridgehead atoms. The second-order valence-corrected chi connectivity index (χ2v) is 4.91. The van der Waals surface area contributed by atoms with E-state index in [1.165, 1.54) is 0 Å². The number of nitrogens with zero attached hydrogens (tertiary/aromatic N) is 2. The summed E-state index contributed by atoms with van der Waals surface area (Å²) in [6.07, 6.45) is 1.14. The lowest BCUT2D eigenvalue weighted by atomic mass is 10.0. The lowest BCUT2D eigenvalue weighted by Gasteiger charge is -2.11. The van der Waals surface area contributed by atoms with Gasteiger partial charge in [-0.2, -0.15) is 5.10 Å². The maximum absolute atomic E-state index is 12.1. The van der Waals surface area contributed by atoms with Crippen LogP contribution in [-0.4, -0.2) is 28.7 Å². The standard InChI is InChI=1S/C13H22ClN3O/c1-5-10-13(14)11(17(4)16-10)7-12(18)9(3)8-15-6-2/h9,15H,5-8H2,1-4H3. The molecule has 1 unspecified atom stereocenters. The van der Waals surface area contributed by atoms with Gasteiger partial charge in [0.1, 0.15) is 5.78 Å². The first-order chi connectivity index (χ1) is 8.51. The number of halogens is 1. The van der Waals surface area contributed by atoms with Gasteiger partial charge in [-0.05, 0) is 13.0 Å². The first-order valence-electron chi connectivity index (χ1n) is 6.44. The van der Waals surface area contributed by atoms with Gasteiger partial charge in [0.25, 0.3) is 0 Å². The number of nitrogens with one attached hydrogen (secondary N) is 1. The molecule has 0 aliphatic carbocycles.